The molecule has 5 heteroatoms. The minimum atomic E-state index is 0.169. The quantitative estimate of drug-likeness (QED) is 0.776. The smallest absolute Gasteiger partial charge is 0.221 e. The number of aromatic nitrogens is 1. The van der Waals surface area contributed by atoms with Crippen LogP contribution < -0.4 is 10.6 Å². The molecule has 1 aromatic heterocycles. The van der Waals surface area contributed by atoms with E-state index in [-0.39, 0.29) is 5.91 Å². The summed E-state index contributed by atoms with van der Waals surface area (Å²) in [7, 11) is 0. The van der Waals surface area contributed by atoms with Crippen molar-refractivity contribution in [1.29, 1.82) is 0 Å². The number of pyridine rings is 1. The number of piperidine rings is 1. The van der Waals surface area contributed by atoms with Crippen molar-refractivity contribution in [2.45, 2.75) is 31.1 Å². The number of carbonyl (C=O) groups is 1. The van der Waals surface area contributed by atoms with Crippen LogP contribution in [0.1, 0.15) is 25.0 Å². The first kappa shape index (κ1) is 14.3. The van der Waals surface area contributed by atoms with Gasteiger partial charge in [-0.25, -0.2) is 0 Å². The summed E-state index contributed by atoms with van der Waals surface area (Å²) in [5, 5.41) is 6.39. The summed E-state index contributed by atoms with van der Waals surface area (Å²) < 4.78 is 0. The molecule has 0 aromatic carbocycles. The van der Waals surface area contributed by atoms with Gasteiger partial charge in [-0.2, -0.15) is 11.8 Å². The zero-order valence-electron chi connectivity index (χ0n) is 11.1. The molecule has 2 rings (SSSR count). The summed E-state index contributed by atoms with van der Waals surface area (Å²) in [4.78, 5) is 16.0. The van der Waals surface area contributed by atoms with Crippen LogP contribution in [0.5, 0.6) is 0 Å². The van der Waals surface area contributed by atoms with E-state index in [2.05, 4.69) is 15.6 Å². The van der Waals surface area contributed by atoms with Gasteiger partial charge in [0.05, 0.1) is 5.69 Å². The van der Waals surface area contributed by atoms with Crippen molar-refractivity contribution < 1.29 is 4.79 Å². The maximum atomic E-state index is 11.8. The molecule has 1 fully saturated rings. The Morgan fingerprint density at radius 2 is 2.47 bits per heavy atom. The Bertz CT molecular complexity index is 380. The normalized spacial score (nSPS) is 19.1. The molecule has 0 radical (unpaired) electrons. The molecule has 0 spiro atoms. The second kappa shape index (κ2) is 8.17. The minimum absolute atomic E-state index is 0.169. The molecular formula is C14H21N3OS. The van der Waals surface area contributed by atoms with Crippen LogP contribution in [-0.2, 0) is 10.5 Å². The van der Waals surface area contributed by atoms with Gasteiger partial charge in [0, 0.05) is 36.7 Å². The van der Waals surface area contributed by atoms with Crippen molar-refractivity contribution in [3.63, 3.8) is 0 Å². The lowest BCUT2D eigenvalue weighted by atomic mass is 10.1. The monoisotopic (exact) mass is 279 g/mol. The highest BCUT2D eigenvalue weighted by Gasteiger charge is 2.14. The van der Waals surface area contributed by atoms with Crippen LogP contribution in [0.2, 0.25) is 0 Å². The fraction of sp³-hybridized carbons (Fsp3) is 0.571. The van der Waals surface area contributed by atoms with Gasteiger partial charge in [-0.3, -0.25) is 9.78 Å². The zero-order chi connectivity index (χ0) is 13.3. The molecule has 2 heterocycles. The Hall–Kier alpha value is -1.07. The van der Waals surface area contributed by atoms with Crippen LogP contribution in [-0.4, -0.2) is 35.8 Å². The van der Waals surface area contributed by atoms with E-state index in [1.807, 2.05) is 18.2 Å². The Morgan fingerprint density at radius 3 is 3.21 bits per heavy atom. The summed E-state index contributed by atoms with van der Waals surface area (Å²) in [5.74, 6) is 1.89. The summed E-state index contributed by atoms with van der Waals surface area (Å²) in [6.07, 6.45) is 4.64. The molecule has 0 saturated carbocycles. The van der Waals surface area contributed by atoms with Gasteiger partial charge in [0.15, 0.2) is 0 Å². The molecule has 1 amide bonds. The van der Waals surface area contributed by atoms with E-state index in [4.69, 9.17) is 0 Å². The lowest BCUT2D eigenvalue weighted by Gasteiger charge is -2.23. The number of thioether (sulfide) groups is 1. The first-order valence-corrected chi connectivity index (χ1v) is 7.98. The highest BCUT2D eigenvalue weighted by Crippen LogP contribution is 2.10. The molecule has 1 aliphatic rings. The van der Waals surface area contributed by atoms with Crippen LogP contribution in [0.4, 0.5) is 0 Å². The molecule has 4 nitrogen and oxygen atoms in total. The molecule has 1 aliphatic heterocycles. The predicted molar refractivity (Wildman–Crippen MR) is 79.1 cm³/mol. The van der Waals surface area contributed by atoms with Crippen LogP contribution in [0.15, 0.2) is 24.4 Å². The van der Waals surface area contributed by atoms with Crippen molar-refractivity contribution in [2.75, 3.05) is 18.8 Å². The van der Waals surface area contributed by atoms with Crippen molar-refractivity contribution in [3.8, 4) is 0 Å². The number of nitrogens with one attached hydrogen (secondary N) is 2. The van der Waals surface area contributed by atoms with Crippen molar-refractivity contribution in [2.24, 2.45) is 0 Å². The van der Waals surface area contributed by atoms with Crippen LogP contribution in [0.3, 0.4) is 0 Å². The van der Waals surface area contributed by atoms with Crippen LogP contribution >= 0.6 is 11.8 Å². The molecule has 0 bridgehead atoms. The lowest BCUT2D eigenvalue weighted by molar-refractivity contribution is -0.121. The van der Waals surface area contributed by atoms with Gasteiger partial charge in [-0.15, -0.1) is 0 Å². The summed E-state index contributed by atoms with van der Waals surface area (Å²) in [5.41, 5.74) is 1.07. The highest BCUT2D eigenvalue weighted by atomic mass is 32.2. The average molecular weight is 279 g/mol. The van der Waals surface area contributed by atoms with E-state index in [1.165, 1.54) is 0 Å². The molecule has 0 aliphatic carbocycles. The third-order valence-corrected chi connectivity index (χ3v) is 4.10. The standard InChI is InChI=1S/C14H21N3OS/c18-14(17-12-5-3-7-15-10-12)6-9-19-11-13-4-1-2-8-16-13/h1-2,4,8,12,15H,3,5-7,9-11H2,(H,17,18)/t12-/m0/s1. The van der Waals surface area contributed by atoms with Gasteiger partial charge in [-0.1, -0.05) is 6.07 Å². The Balaban J connectivity index is 1.56. The number of amides is 1. The molecule has 1 atom stereocenters. The minimum Gasteiger partial charge on any atom is -0.352 e. The van der Waals surface area contributed by atoms with Gasteiger partial charge in [0.2, 0.25) is 5.91 Å². The summed E-state index contributed by atoms with van der Waals surface area (Å²) >= 11 is 1.76. The number of hydrogen-bond donors (Lipinski definition) is 2. The number of rotatable bonds is 6. The Kier molecular flexibility index (Phi) is 6.17. The maximum absolute atomic E-state index is 11.8. The second-order valence-electron chi connectivity index (χ2n) is 4.73. The first-order valence-electron chi connectivity index (χ1n) is 6.82. The van der Waals surface area contributed by atoms with E-state index in [0.29, 0.717) is 12.5 Å². The van der Waals surface area contributed by atoms with Crippen molar-refractivity contribution in [1.82, 2.24) is 15.6 Å². The summed E-state index contributed by atoms with van der Waals surface area (Å²) in [6.45, 7) is 1.99. The molecule has 1 aromatic rings. The van der Waals surface area contributed by atoms with Gasteiger partial charge in [0.1, 0.15) is 0 Å². The van der Waals surface area contributed by atoms with E-state index in [9.17, 15) is 4.79 Å². The number of carbonyl (C=O) groups excluding carboxylic acids is 1. The van der Waals surface area contributed by atoms with E-state index in [0.717, 1.165) is 43.1 Å². The molecule has 104 valence electrons. The van der Waals surface area contributed by atoms with Crippen molar-refractivity contribution >= 4 is 17.7 Å². The predicted octanol–water partition coefficient (Wildman–Crippen LogP) is 1.57. The Morgan fingerprint density at radius 1 is 1.53 bits per heavy atom. The van der Waals surface area contributed by atoms with Gasteiger partial charge in [-0.05, 0) is 31.5 Å². The fourth-order valence-electron chi connectivity index (χ4n) is 2.10. The zero-order valence-corrected chi connectivity index (χ0v) is 11.9. The largest absolute Gasteiger partial charge is 0.352 e. The average Bonchev–Trinajstić information content (AvgIpc) is 2.46. The first-order chi connectivity index (χ1) is 9.34. The maximum Gasteiger partial charge on any atom is 0.221 e. The summed E-state index contributed by atoms with van der Waals surface area (Å²) in [6, 6.07) is 6.24. The van der Waals surface area contributed by atoms with Crippen molar-refractivity contribution in [3.05, 3.63) is 30.1 Å². The lowest BCUT2D eigenvalue weighted by Crippen LogP contribution is -2.45. The number of nitrogens with zero attached hydrogens (tertiary/aromatic N) is 1. The third kappa shape index (κ3) is 5.61. The van der Waals surface area contributed by atoms with E-state index >= 15 is 0 Å². The van der Waals surface area contributed by atoms with Crippen LogP contribution in [0.25, 0.3) is 0 Å². The van der Waals surface area contributed by atoms with Gasteiger partial charge < -0.3 is 10.6 Å². The third-order valence-electron chi connectivity index (χ3n) is 3.11. The van der Waals surface area contributed by atoms with E-state index in [1.54, 1.807) is 18.0 Å². The Labute approximate surface area is 118 Å². The van der Waals surface area contributed by atoms with Crippen LogP contribution in [0, 0.1) is 0 Å². The molecule has 2 N–H and O–H groups in total. The topological polar surface area (TPSA) is 54.0 Å². The molecule has 1 saturated heterocycles. The molecule has 0 unspecified atom stereocenters. The number of hydrogen-bond acceptors (Lipinski definition) is 4. The van der Waals surface area contributed by atoms with Gasteiger partial charge in [0.25, 0.3) is 0 Å². The fourth-order valence-corrected chi connectivity index (χ4v) is 2.95. The molecular weight excluding hydrogens is 258 g/mol. The highest BCUT2D eigenvalue weighted by molar-refractivity contribution is 7.98. The van der Waals surface area contributed by atoms with E-state index < -0.39 is 0 Å². The SMILES string of the molecule is O=C(CCSCc1ccccn1)N[C@H]1CCCNC1. The second-order valence-corrected chi connectivity index (χ2v) is 5.84. The van der Waals surface area contributed by atoms with Gasteiger partial charge >= 0.3 is 0 Å². The molecule has 19 heavy (non-hydrogen) atoms.